The largest absolute Gasteiger partial charge is 0.416 e. The molecule has 0 aliphatic carbocycles. The number of benzene rings is 3. The van der Waals surface area contributed by atoms with E-state index in [9.17, 15) is 13.2 Å². The smallest absolute Gasteiger partial charge is 0.385 e. The Labute approximate surface area is 223 Å². The van der Waals surface area contributed by atoms with Gasteiger partial charge in [0, 0.05) is 17.6 Å². The van der Waals surface area contributed by atoms with E-state index in [1.54, 1.807) is 12.1 Å². The molecule has 0 bridgehead atoms. The molecule has 1 heterocycles. The van der Waals surface area contributed by atoms with Crippen molar-refractivity contribution < 1.29 is 13.2 Å². The summed E-state index contributed by atoms with van der Waals surface area (Å²) in [5.41, 5.74) is 5.29. The van der Waals surface area contributed by atoms with E-state index in [-0.39, 0.29) is 12.7 Å². The SMILES string of the molecule is C=CCCNC(=C)c1ccc(C(CC(C)C)B2C=c3c(C)c(-c4ccc(C(F)(F)F)cc4)ccc3=N2)cc1. The van der Waals surface area contributed by atoms with Crippen LogP contribution in [0.25, 0.3) is 22.8 Å². The predicted octanol–water partition coefficient (Wildman–Crippen LogP) is 7.13. The Morgan fingerprint density at radius 3 is 2.32 bits per heavy atom. The summed E-state index contributed by atoms with van der Waals surface area (Å²) in [5, 5.41) is 5.34. The van der Waals surface area contributed by atoms with Gasteiger partial charge < -0.3 is 10.2 Å². The first-order chi connectivity index (χ1) is 18.1. The van der Waals surface area contributed by atoms with Crippen molar-refractivity contribution in [3.05, 3.63) is 113 Å². The fourth-order valence-corrected chi connectivity index (χ4v) is 5.10. The summed E-state index contributed by atoms with van der Waals surface area (Å²) in [6.45, 7) is 15.2. The van der Waals surface area contributed by atoms with E-state index in [1.807, 2.05) is 25.1 Å². The third-order valence-corrected chi connectivity index (χ3v) is 7.15. The first-order valence-electron chi connectivity index (χ1n) is 13.1. The summed E-state index contributed by atoms with van der Waals surface area (Å²) in [6.07, 6.45) is -0.591. The van der Waals surface area contributed by atoms with Gasteiger partial charge in [-0.2, -0.15) is 13.2 Å². The Hall–Kier alpha value is -3.54. The number of halogens is 3. The highest BCUT2D eigenvalue weighted by Crippen LogP contribution is 2.32. The van der Waals surface area contributed by atoms with E-state index in [4.69, 9.17) is 4.90 Å². The lowest BCUT2D eigenvalue weighted by Crippen LogP contribution is -2.24. The molecule has 3 aromatic rings. The van der Waals surface area contributed by atoms with Gasteiger partial charge in [-0.15, -0.1) is 6.58 Å². The standard InChI is InChI=1S/C32H34BF3N2/c1-6-7-18-37-23(5)24-8-10-26(11-9-24)30(19-21(2)3)33-20-29-22(4)28(16-17-31(29)38-33)25-12-14-27(15-13-25)32(34,35)36/h6,8-17,20-21,30,37H,1,5,7,18-19H2,2-4H3. The fourth-order valence-electron chi connectivity index (χ4n) is 5.10. The number of hydrogen-bond donors (Lipinski definition) is 1. The number of hydrogen-bond acceptors (Lipinski definition) is 2. The topological polar surface area (TPSA) is 24.4 Å². The second-order valence-corrected chi connectivity index (χ2v) is 10.4. The summed E-state index contributed by atoms with van der Waals surface area (Å²) in [7, 11) is 0. The van der Waals surface area contributed by atoms with E-state index in [2.05, 4.69) is 62.6 Å². The van der Waals surface area contributed by atoms with Gasteiger partial charge in [-0.3, -0.25) is 0 Å². The molecule has 1 N–H and O–H groups in total. The molecule has 0 fully saturated rings. The first-order valence-corrected chi connectivity index (χ1v) is 13.1. The molecule has 1 unspecified atom stereocenters. The van der Waals surface area contributed by atoms with Crippen LogP contribution in [0.4, 0.5) is 13.2 Å². The van der Waals surface area contributed by atoms with Crippen molar-refractivity contribution >= 4 is 18.5 Å². The second-order valence-electron chi connectivity index (χ2n) is 10.4. The van der Waals surface area contributed by atoms with Gasteiger partial charge in [0.15, 0.2) is 0 Å². The second kappa shape index (κ2) is 11.5. The Bertz CT molecular complexity index is 1420. The summed E-state index contributed by atoms with van der Waals surface area (Å²) < 4.78 is 39.1. The average Bonchev–Trinajstić information content (AvgIpc) is 3.32. The van der Waals surface area contributed by atoms with Crippen molar-refractivity contribution in [3.63, 3.8) is 0 Å². The molecule has 0 amide bonds. The molecule has 0 spiro atoms. The highest BCUT2D eigenvalue weighted by molar-refractivity contribution is 6.73. The third-order valence-electron chi connectivity index (χ3n) is 7.15. The first kappa shape index (κ1) is 27.5. The van der Waals surface area contributed by atoms with Gasteiger partial charge in [-0.05, 0) is 82.7 Å². The van der Waals surface area contributed by atoms with Gasteiger partial charge in [-0.25, -0.2) is 0 Å². The Kier molecular flexibility index (Phi) is 8.30. The zero-order chi connectivity index (χ0) is 27.4. The van der Waals surface area contributed by atoms with Crippen molar-refractivity contribution in [1.29, 1.82) is 0 Å². The lowest BCUT2D eigenvalue weighted by Gasteiger charge is -2.21. The van der Waals surface area contributed by atoms with E-state index in [0.717, 1.165) is 70.0 Å². The van der Waals surface area contributed by atoms with E-state index in [0.29, 0.717) is 5.92 Å². The molecule has 196 valence electrons. The average molecular weight is 514 g/mol. The molecule has 0 saturated carbocycles. The maximum absolute atomic E-state index is 13.0. The van der Waals surface area contributed by atoms with Crippen LogP contribution in [0, 0.1) is 12.8 Å². The van der Waals surface area contributed by atoms with Gasteiger partial charge in [0.1, 0.15) is 0 Å². The van der Waals surface area contributed by atoms with Gasteiger partial charge in [0.05, 0.1) is 5.56 Å². The molecule has 6 heteroatoms. The molecule has 4 rings (SSSR count). The number of nitrogens with one attached hydrogen (secondary N) is 1. The van der Waals surface area contributed by atoms with Crippen molar-refractivity contribution in [1.82, 2.24) is 5.32 Å². The minimum atomic E-state index is -4.34. The Balaban J connectivity index is 1.63. The maximum Gasteiger partial charge on any atom is 0.416 e. The van der Waals surface area contributed by atoms with Crippen LogP contribution in [0.2, 0.25) is 0 Å². The Morgan fingerprint density at radius 2 is 1.71 bits per heavy atom. The normalized spacial score (nSPS) is 13.5. The number of rotatable bonds is 10. The Morgan fingerprint density at radius 1 is 1.03 bits per heavy atom. The van der Waals surface area contributed by atoms with Crippen molar-refractivity contribution in [2.24, 2.45) is 10.8 Å². The molecule has 0 radical (unpaired) electrons. The maximum atomic E-state index is 13.0. The molecule has 0 saturated heterocycles. The van der Waals surface area contributed by atoms with E-state index in [1.165, 1.54) is 5.56 Å². The molecule has 38 heavy (non-hydrogen) atoms. The lowest BCUT2D eigenvalue weighted by molar-refractivity contribution is -0.137. The molecule has 2 nitrogen and oxygen atoms in total. The molecule has 1 aliphatic rings. The zero-order valence-corrected chi connectivity index (χ0v) is 22.3. The summed E-state index contributed by atoms with van der Waals surface area (Å²) in [5.74, 6) is 2.94. The van der Waals surface area contributed by atoms with Gasteiger partial charge in [0.25, 0.3) is 0 Å². The molecule has 1 atom stereocenters. The predicted molar refractivity (Wildman–Crippen MR) is 153 cm³/mol. The summed E-state index contributed by atoms with van der Waals surface area (Å²) in [6, 6.07) is 17.9. The van der Waals surface area contributed by atoms with Crippen LogP contribution in [-0.4, -0.2) is 13.4 Å². The highest BCUT2D eigenvalue weighted by Gasteiger charge is 2.31. The van der Waals surface area contributed by atoms with Crippen molar-refractivity contribution in [3.8, 4) is 11.1 Å². The highest BCUT2D eigenvalue weighted by atomic mass is 19.4. The zero-order valence-electron chi connectivity index (χ0n) is 22.3. The van der Waals surface area contributed by atoms with Crippen LogP contribution in [-0.2, 0) is 6.18 Å². The minimum Gasteiger partial charge on any atom is -0.385 e. The van der Waals surface area contributed by atoms with Crippen LogP contribution in [0.15, 0.2) is 84.8 Å². The summed E-state index contributed by atoms with van der Waals surface area (Å²) in [4.78, 5) is 5.09. The van der Waals surface area contributed by atoms with Gasteiger partial charge in [-0.1, -0.05) is 74.9 Å². The van der Waals surface area contributed by atoms with Crippen LogP contribution in [0.3, 0.4) is 0 Å². The minimum absolute atomic E-state index is 0.00581. The van der Waals surface area contributed by atoms with E-state index >= 15 is 0 Å². The molecule has 3 aromatic carbocycles. The molecular weight excluding hydrogens is 480 g/mol. The van der Waals surface area contributed by atoms with Crippen LogP contribution < -0.4 is 15.9 Å². The van der Waals surface area contributed by atoms with Crippen molar-refractivity contribution in [2.75, 3.05) is 6.54 Å². The monoisotopic (exact) mass is 514 g/mol. The molecular formula is C32H34BF3N2. The van der Waals surface area contributed by atoms with Crippen LogP contribution >= 0.6 is 0 Å². The fraction of sp³-hybridized carbons (Fsp3) is 0.281. The van der Waals surface area contributed by atoms with Gasteiger partial charge in [0.2, 0.25) is 0 Å². The molecule has 0 aromatic heterocycles. The van der Waals surface area contributed by atoms with Crippen LogP contribution in [0.5, 0.6) is 0 Å². The molecule has 1 aliphatic heterocycles. The third kappa shape index (κ3) is 6.12. The van der Waals surface area contributed by atoms with Crippen molar-refractivity contribution in [2.45, 2.75) is 45.6 Å². The number of alkyl halides is 3. The lowest BCUT2D eigenvalue weighted by atomic mass is 9.48. The quantitative estimate of drug-likeness (QED) is 0.174. The van der Waals surface area contributed by atoms with E-state index < -0.39 is 11.7 Å². The summed E-state index contributed by atoms with van der Waals surface area (Å²) >= 11 is 0. The van der Waals surface area contributed by atoms with Gasteiger partial charge >= 0.3 is 13.0 Å². The van der Waals surface area contributed by atoms with Crippen LogP contribution in [0.1, 0.15) is 54.8 Å². The number of fused-ring (bicyclic) bond motifs is 1. The number of nitrogens with zero attached hydrogens (tertiary/aromatic N) is 1.